The van der Waals surface area contributed by atoms with Crippen molar-refractivity contribution >= 4 is 23.7 Å². The molecule has 0 aliphatic heterocycles. The number of carbonyl (C=O) groups excluding carboxylic acids is 1. The van der Waals surface area contributed by atoms with Crippen LogP contribution in [-0.4, -0.2) is 27.4 Å². The molecule has 0 spiro atoms. The topological polar surface area (TPSA) is 99.6 Å². The van der Waals surface area contributed by atoms with Gasteiger partial charge in [-0.15, -0.1) is 0 Å². The zero-order valence-corrected chi connectivity index (χ0v) is 17.6. The Balaban J connectivity index is 1.33. The quantitative estimate of drug-likeness (QED) is 0.281. The molecule has 32 heavy (non-hydrogen) atoms. The molecule has 3 aromatic carbocycles. The third kappa shape index (κ3) is 5.53. The van der Waals surface area contributed by atoms with Gasteiger partial charge in [-0.2, -0.15) is 10.2 Å². The number of benzene rings is 3. The van der Waals surface area contributed by atoms with Crippen molar-refractivity contribution in [3.05, 3.63) is 101 Å². The smallest absolute Gasteiger partial charge is 0.289 e. The van der Waals surface area contributed by atoms with Crippen LogP contribution in [0.4, 0.5) is 0 Å². The zero-order valence-electron chi connectivity index (χ0n) is 16.8. The number of hydrogen-bond acceptors (Lipinski definition) is 5. The third-order valence-corrected chi connectivity index (χ3v) is 4.82. The number of nitrogens with zero attached hydrogens (tertiary/aromatic N) is 2. The standard InChI is InChI=1S/C24H19ClN4O3/c25-19-7-1-17(2-8-19)15-32-21-11-5-18(6-12-21)22-13-23(28-27-22)24(31)29-26-14-16-3-9-20(30)10-4-16/h1-14,30H,15H2,(H,27,28)(H,29,31)/b26-14+. The normalized spacial score (nSPS) is 10.9. The van der Waals surface area contributed by atoms with Gasteiger partial charge in [0.1, 0.15) is 23.8 Å². The number of aromatic hydroxyl groups is 1. The van der Waals surface area contributed by atoms with E-state index in [2.05, 4.69) is 20.7 Å². The van der Waals surface area contributed by atoms with Crippen molar-refractivity contribution in [1.82, 2.24) is 15.6 Å². The molecule has 0 saturated heterocycles. The number of rotatable bonds is 7. The summed E-state index contributed by atoms with van der Waals surface area (Å²) in [5.41, 5.74) is 5.95. The number of hydrogen-bond donors (Lipinski definition) is 3. The molecule has 160 valence electrons. The highest BCUT2D eigenvalue weighted by molar-refractivity contribution is 6.30. The maximum Gasteiger partial charge on any atom is 0.289 e. The predicted octanol–water partition coefficient (Wildman–Crippen LogP) is 4.78. The molecule has 0 fully saturated rings. The van der Waals surface area contributed by atoms with E-state index in [1.165, 1.54) is 6.21 Å². The van der Waals surface area contributed by atoms with E-state index < -0.39 is 5.91 Å². The number of halogens is 1. The lowest BCUT2D eigenvalue weighted by atomic mass is 10.1. The number of ether oxygens (including phenoxy) is 1. The first-order valence-corrected chi connectivity index (χ1v) is 10.1. The van der Waals surface area contributed by atoms with E-state index in [1.54, 1.807) is 30.3 Å². The molecule has 1 aromatic heterocycles. The Bertz CT molecular complexity index is 1220. The lowest BCUT2D eigenvalue weighted by Crippen LogP contribution is -2.17. The Labute approximate surface area is 189 Å². The SMILES string of the molecule is O=C(N/N=C/c1ccc(O)cc1)c1cc(-c2ccc(OCc3ccc(Cl)cc3)cc2)n[nH]1. The van der Waals surface area contributed by atoms with Crippen LogP contribution in [0.25, 0.3) is 11.3 Å². The molecule has 0 atom stereocenters. The Kier molecular flexibility index (Phi) is 6.48. The molecular formula is C24H19ClN4O3. The average molecular weight is 447 g/mol. The number of hydrazone groups is 1. The van der Waals surface area contributed by atoms with E-state index in [4.69, 9.17) is 16.3 Å². The van der Waals surface area contributed by atoms with Crippen LogP contribution in [0.2, 0.25) is 5.02 Å². The number of phenolic OH excluding ortho intramolecular Hbond substituents is 1. The fourth-order valence-electron chi connectivity index (χ4n) is 2.84. The number of phenols is 1. The minimum atomic E-state index is -0.415. The maximum atomic E-state index is 12.3. The van der Waals surface area contributed by atoms with Crippen LogP contribution in [0.15, 0.2) is 84.0 Å². The van der Waals surface area contributed by atoms with Crippen molar-refractivity contribution in [2.45, 2.75) is 6.61 Å². The van der Waals surface area contributed by atoms with Gasteiger partial charge in [0.15, 0.2) is 0 Å². The molecule has 0 radical (unpaired) electrons. The van der Waals surface area contributed by atoms with Gasteiger partial charge in [-0.3, -0.25) is 9.89 Å². The monoisotopic (exact) mass is 446 g/mol. The highest BCUT2D eigenvalue weighted by Gasteiger charge is 2.10. The molecule has 0 unspecified atom stereocenters. The average Bonchev–Trinajstić information content (AvgIpc) is 3.31. The Morgan fingerprint density at radius 3 is 2.50 bits per heavy atom. The molecular weight excluding hydrogens is 428 g/mol. The minimum absolute atomic E-state index is 0.164. The molecule has 0 aliphatic rings. The van der Waals surface area contributed by atoms with Gasteiger partial charge < -0.3 is 9.84 Å². The number of amides is 1. The molecule has 4 rings (SSSR count). The van der Waals surface area contributed by atoms with Gasteiger partial charge in [0.05, 0.1) is 11.9 Å². The number of aromatic nitrogens is 2. The van der Waals surface area contributed by atoms with Crippen LogP contribution in [0.3, 0.4) is 0 Å². The van der Waals surface area contributed by atoms with Gasteiger partial charge in [0.25, 0.3) is 5.91 Å². The number of H-pyrrole nitrogens is 1. The van der Waals surface area contributed by atoms with Crippen molar-refractivity contribution in [1.29, 1.82) is 0 Å². The highest BCUT2D eigenvalue weighted by Crippen LogP contribution is 2.22. The summed E-state index contributed by atoms with van der Waals surface area (Å²) in [6, 6.07) is 23.0. The highest BCUT2D eigenvalue weighted by atomic mass is 35.5. The molecule has 3 N–H and O–H groups in total. The predicted molar refractivity (Wildman–Crippen MR) is 123 cm³/mol. The third-order valence-electron chi connectivity index (χ3n) is 4.56. The largest absolute Gasteiger partial charge is 0.508 e. The Hall–Kier alpha value is -4.10. The molecule has 4 aromatic rings. The van der Waals surface area contributed by atoms with E-state index in [9.17, 15) is 9.90 Å². The number of nitrogens with one attached hydrogen (secondary N) is 2. The van der Waals surface area contributed by atoms with Gasteiger partial charge in [-0.25, -0.2) is 5.43 Å². The summed E-state index contributed by atoms with van der Waals surface area (Å²) in [4.78, 5) is 12.3. The van der Waals surface area contributed by atoms with E-state index >= 15 is 0 Å². The summed E-state index contributed by atoms with van der Waals surface area (Å²) in [5, 5.41) is 20.8. The molecule has 1 heterocycles. The molecule has 0 saturated carbocycles. The lowest BCUT2D eigenvalue weighted by molar-refractivity contribution is 0.0950. The fraction of sp³-hybridized carbons (Fsp3) is 0.0417. The van der Waals surface area contributed by atoms with Gasteiger partial charge in [-0.05, 0) is 77.9 Å². The van der Waals surface area contributed by atoms with E-state index in [1.807, 2.05) is 48.5 Å². The van der Waals surface area contributed by atoms with E-state index in [0.717, 1.165) is 22.4 Å². The summed E-state index contributed by atoms with van der Waals surface area (Å²) in [6.45, 7) is 0.438. The van der Waals surface area contributed by atoms with Crippen LogP contribution in [0, 0.1) is 0 Å². The Morgan fingerprint density at radius 1 is 1.06 bits per heavy atom. The zero-order chi connectivity index (χ0) is 22.3. The van der Waals surface area contributed by atoms with Gasteiger partial charge in [-0.1, -0.05) is 23.7 Å². The summed E-state index contributed by atoms with van der Waals surface area (Å²) >= 11 is 5.89. The van der Waals surface area contributed by atoms with Crippen molar-refractivity contribution < 1.29 is 14.6 Å². The summed E-state index contributed by atoms with van der Waals surface area (Å²) in [7, 11) is 0. The Morgan fingerprint density at radius 2 is 1.78 bits per heavy atom. The summed E-state index contributed by atoms with van der Waals surface area (Å²) in [5.74, 6) is 0.472. The fourth-order valence-corrected chi connectivity index (χ4v) is 2.97. The number of aromatic amines is 1. The molecule has 0 aliphatic carbocycles. The minimum Gasteiger partial charge on any atom is -0.508 e. The lowest BCUT2D eigenvalue weighted by Gasteiger charge is -2.07. The van der Waals surface area contributed by atoms with Crippen LogP contribution in [0.1, 0.15) is 21.6 Å². The molecule has 7 nitrogen and oxygen atoms in total. The van der Waals surface area contributed by atoms with Crippen LogP contribution >= 0.6 is 11.6 Å². The maximum absolute atomic E-state index is 12.3. The first kappa shape index (κ1) is 21.1. The van der Waals surface area contributed by atoms with E-state index in [-0.39, 0.29) is 11.4 Å². The first-order valence-electron chi connectivity index (χ1n) is 9.72. The molecule has 0 bridgehead atoms. The van der Waals surface area contributed by atoms with Crippen LogP contribution in [-0.2, 0) is 6.61 Å². The first-order chi connectivity index (χ1) is 15.6. The second-order valence-electron chi connectivity index (χ2n) is 6.90. The second kappa shape index (κ2) is 9.80. The molecule has 8 heteroatoms. The summed E-state index contributed by atoms with van der Waals surface area (Å²) < 4.78 is 5.79. The van der Waals surface area contributed by atoms with Crippen molar-refractivity contribution in [3.8, 4) is 22.8 Å². The van der Waals surface area contributed by atoms with Crippen molar-refractivity contribution in [2.24, 2.45) is 5.10 Å². The number of carbonyl (C=O) groups is 1. The van der Waals surface area contributed by atoms with Gasteiger partial charge in [0, 0.05) is 10.6 Å². The van der Waals surface area contributed by atoms with Gasteiger partial charge in [0.2, 0.25) is 0 Å². The van der Waals surface area contributed by atoms with Crippen LogP contribution < -0.4 is 10.2 Å². The molecule has 1 amide bonds. The van der Waals surface area contributed by atoms with Gasteiger partial charge >= 0.3 is 0 Å². The van der Waals surface area contributed by atoms with E-state index in [0.29, 0.717) is 17.3 Å². The summed E-state index contributed by atoms with van der Waals surface area (Å²) in [6.07, 6.45) is 1.48. The second-order valence-corrected chi connectivity index (χ2v) is 7.33. The van der Waals surface area contributed by atoms with Crippen LogP contribution in [0.5, 0.6) is 11.5 Å². The van der Waals surface area contributed by atoms with Crippen molar-refractivity contribution in [3.63, 3.8) is 0 Å². The van der Waals surface area contributed by atoms with Crippen molar-refractivity contribution in [2.75, 3.05) is 0 Å².